The van der Waals surface area contributed by atoms with Crippen LogP contribution in [0.1, 0.15) is 11.1 Å². The van der Waals surface area contributed by atoms with Crippen LogP contribution in [-0.4, -0.2) is 34.9 Å². The zero-order chi connectivity index (χ0) is 25.8. The summed E-state index contributed by atoms with van der Waals surface area (Å²) in [6, 6.07) is 28.1. The quantitative estimate of drug-likeness (QED) is 0.324. The highest BCUT2D eigenvalue weighted by molar-refractivity contribution is 7.91. The molecule has 0 atom stereocenters. The number of hydrogen-bond donors (Lipinski definition) is 2. The van der Waals surface area contributed by atoms with Crippen molar-refractivity contribution in [1.29, 1.82) is 0 Å². The van der Waals surface area contributed by atoms with Gasteiger partial charge in [-0.2, -0.15) is 5.21 Å². The van der Waals surface area contributed by atoms with Crippen molar-refractivity contribution < 1.29 is 13.2 Å². The first kappa shape index (κ1) is 24.1. The van der Waals surface area contributed by atoms with Crippen molar-refractivity contribution in [2.45, 2.75) is 23.1 Å². The molecule has 0 saturated carbocycles. The van der Waals surface area contributed by atoms with Gasteiger partial charge in [-0.05, 0) is 53.1 Å². The SMILES string of the molecule is Cc1ccc(CC(=O)Nc2cc(-c3ccccc3-c3nn[nH]n3)ccc2S(=O)(=O)c2ccccc2)cc1. The lowest BCUT2D eigenvalue weighted by Gasteiger charge is -2.15. The van der Waals surface area contributed by atoms with Gasteiger partial charge in [0, 0.05) is 5.56 Å². The summed E-state index contributed by atoms with van der Waals surface area (Å²) < 4.78 is 27.1. The van der Waals surface area contributed by atoms with E-state index in [4.69, 9.17) is 0 Å². The fourth-order valence-electron chi connectivity index (χ4n) is 4.05. The van der Waals surface area contributed by atoms with Gasteiger partial charge in [0.1, 0.15) is 0 Å². The molecule has 2 N–H and O–H groups in total. The Hall–Kier alpha value is -4.63. The van der Waals surface area contributed by atoms with Crippen LogP contribution in [0.2, 0.25) is 0 Å². The molecule has 5 aromatic rings. The predicted molar refractivity (Wildman–Crippen MR) is 140 cm³/mol. The van der Waals surface area contributed by atoms with Gasteiger partial charge in [-0.15, -0.1) is 10.2 Å². The van der Waals surface area contributed by atoms with E-state index >= 15 is 0 Å². The lowest BCUT2D eigenvalue weighted by atomic mass is 9.99. The minimum absolute atomic E-state index is 0.0109. The number of benzene rings is 4. The standard InChI is InChI=1S/C28H23N5O3S/c1-19-11-13-20(14-12-19)17-27(34)29-25-18-21(23-9-5-6-10-24(23)28-30-32-33-31-28)15-16-26(25)37(35,36)22-7-3-2-4-8-22/h2-16,18H,17H2,1H3,(H,29,34)(H,30,31,32,33). The third-order valence-corrected chi connectivity index (χ3v) is 7.73. The average molecular weight is 510 g/mol. The van der Waals surface area contributed by atoms with Gasteiger partial charge in [-0.3, -0.25) is 4.79 Å². The summed E-state index contributed by atoms with van der Waals surface area (Å²) in [5.74, 6) is 0.0820. The van der Waals surface area contributed by atoms with Crippen LogP contribution in [-0.2, 0) is 21.1 Å². The van der Waals surface area contributed by atoms with E-state index in [0.29, 0.717) is 17.0 Å². The molecule has 0 aliphatic carbocycles. The van der Waals surface area contributed by atoms with Crippen molar-refractivity contribution in [2.24, 2.45) is 0 Å². The molecule has 1 aromatic heterocycles. The maximum atomic E-state index is 13.5. The van der Waals surface area contributed by atoms with E-state index in [1.165, 1.54) is 18.2 Å². The van der Waals surface area contributed by atoms with Crippen molar-refractivity contribution in [2.75, 3.05) is 5.32 Å². The Balaban J connectivity index is 1.58. The first-order chi connectivity index (χ1) is 17.9. The first-order valence-electron chi connectivity index (χ1n) is 11.5. The summed E-state index contributed by atoms with van der Waals surface area (Å²) in [4.78, 5) is 13.2. The molecule has 5 rings (SSSR count). The summed E-state index contributed by atoms with van der Waals surface area (Å²) in [5, 5.41) is 17.1. The number of carbonyl (C=O) groups excluding carboxylic acids is 1. The van der Waals surface area contributed by atoms with E-state index in [-0.39, 0.29) is 27.8 Å². The number of aryl methyl sites for hydroxylation is 1. The molecule has 8 nitrogen and oxygen atoms in total. The predicted octanol–water partition coefficient (Wildman–Crippen LogP) is 4.86. The van der Waals surface area contributed by atoms with Gasteiger partial charge in [-0.25, -0.2) is 8.42 Å². The summed E-state index contributed by atoms with van der Waals surface area (Å²) >= 11 is 0. The number of sulfone groups is 1. The number of aromatic amines is 1. The number of anilines is 1. The number of amides is 1. The highest BCUT2D eigenvalue weighted by Crippen LogP contribution is 2.35. The summed E-state index contributed by atoms with van der Waals surface area (Å²) in [7, 11) is -3.90. The number of nitrogens with one attached hydrogen (secondary N) is 2. The normalized spacial score (nSPS) is 11.3. The van der Waals surface area contributed by atoms with Crippen LogP contribution in [0.3, 0.4) is 0 Å². The van der Waals surface area contributed by atoms with Gasteiger partial charge in [0.05, 0.1) is 21.9 Å². The van der Waals surface area contributed by atoms with Crippen LogP contribution in [0.5, 0.6) is 0 Å². The van der Waals surface area contributed by atoms with E-state index in [9.17, 15) is 13.2 Å². The molecule has 4 aromatic carbocycles. The van der Waals surface area contributed by atoms with Gasteiger partial charge in [0.15, 0.2) is 0 Å². The van der Waals surface area contributed by atoms with Crippen molar-refractivity contribution in [3.05, 3.63) is 108 Å². The number of hydrogen-bond acceptors (Lipinski definition) is 6. The Morgan fingerprint density at radius 1 is 0.865 bits per heavy atom. The lowest BCUT2D eigenvalue weighted by Crippen LogP contribution is -2.17. The van der Waals surface area contributed by atoms with Gasteiger partial charge in [0.2, 0.25) is 21.6 Å². The molecule has 0 saturated heterocycles. The van der Waals surface area contributed by atoms with E-state index in [1.54, 1.807) is 30.3 Å². The van der Waals surface area contributed by atoms with Crippen LogP contribution in [0.25, 0.3) is 22.5 Å². The number of tetrazole rings is 1. The number of rotatable bonds is 7. The second kappa shape index (κ2) is 10.2. The van der Waals surface area contributed by atoms with Gasteiger partial charge >= 0.3 is 0 Å². The molecule has 0 fully saturated rings. The number of carbonyl (C=O) groups is 1. The van der Waals surface area contributed by atoms with Crippen molar-refractivity contribution in [3.8, 4) is 22.5 Å². The van der Waals surface area contributed by atoms with Crippen molar-refractivity contribution in [1.82, 2.24) is 20.6 Å². The van der Waals surface area contributed by atoms with Gasteiger partial charge in [-0.1, -0.05) is 78.4 Å². The maximum Gasteiger partial charge on any atom is 0.228 e. The van der Waals surface area contributed by atoms with Crippen LogP contribution in [0, 0.1) is 6.92 Å². The molecule has 0 aliphatic heterocycles. The largest absolute Gasteiger partial charge is 0.325 e. The molecule has 1 heterocycles. The summed E-state index contributed by atoms with van der Waals surface area (Å²) in [6.07, 6.45) is 0.106. The molecule has 0 unspecified atom stereocenters. The number of nitrogens with zero attached hydrogens (tertiary/aromatic N) is 3. The van der Waals surface area contributed by atoms with Crippen LogP contribution < -0.4 is 5.32 Å². The zero-order valence-electron chi connectivity index (χ0n) is 19.9. The molecule has 184 valence electrons. The summed E-state index contributed by atoms with van der Waals surface area (Å²) in [6.45, 7) is 1.97. The minimum atomic E-state index is -3.90. The molecule has 9 heteroatoms. The molecule has 37 heavy (non-hydrogen) atoms. The topological polar surface area (TPSA) is 118 Å². The summed E-state index contributed by atoms with van der Waals surface area (Å²) in [5.41, 5.74) is 4.29. The Kier molecular flexibility index (Phi) is 6.61. The smallest absolute Gasteiger partial charge is 0.228 e. The highest BCUT2D eigenvalue weighted by atomic mass is 32.2. The fourth-order valence-corrected chi connectivity index (χ4v) is 5.46. The van der Waals surface area contributed by atoms with E-state index < -0.39 is 9.84 Å². The lowest BCUT2D eigenvalue weighted by molar-refractivity contribution is -0.115. The van der Waals surface area contributed by atoms with E-state index in [2.05, 4.69) is 25.9 Å². The van der Waals surface area contributed by atoms with Crippen LogP contribution in [0.15, 0.2) is 107 Å². The van der Waals surface area contributed by atoms with Crippen molar-refractivity contribution >= 4 is 21.4 Å². The third-order valence-electron chi connectivity index (χ3n) is 5.91. The Morgan fingerprint density at radius 2 is 1.57 bits per heavy atom. The highest BCUT2D eigenvalue weighted by Gasteiger charge is 2.23. The molecular formula is C28H23N5O3S. The first-order valence-corrected chi connectivity index (χ1v) is 13.0. The molecule has 0 aliphatic rings. The Morgan fingerprint density at radius 3 is 2.27 bits per heavy atom. The van der Waals surface area contributed by atoms with Gasteiger partial charge in [0.25, 0.3) is 0 Å². The Bertz CT molecular complexity index is 1650. The Labute approximate surface area is 214 Å². The van der Waals surface area contributed by atoms with E-state index in [0.717, 1.165) is 16.7 Å². The molecule has 0 spiro atoms. The monoisotopic (exact) mass is 509 g/mol. The number of aromatic nitrogens is 4. The third kappa shape index (κ3) is 5.17. The fraction of sp³-hybridized carbons (Fsp3) is 0.0714. The number of H-pyrrole nitrogens is 1. The average Bonchev–Trinajstić information content (AvgIpc) is 3.45. The second-order valence-corrected chi connectivity index (χ2v) is 10.4. The molecule has 0 radical (unpaired) electrons. The van der Waals surface area contributed by atoms with Crippen LogP contribution >= 0.6 is 0 Å². The zero-order valence-corrected chi connectivity index (χ0v) is 20.7. The minimum Gasteiger partial charge on any atom is -0.325 e. The maximum absolute atomic E-state index is 13.5. The molecule has 0 bridgehead atoms. The molecule has 1 amide bonds. The van der Waals surface area contributed by atoms with E-state index in [1.807, 2.05) is 55.5 Å². The van der Waals surface area contributed by atoms with Crippen molar-refractivity contribution in [3.63, 3.8) is 0 Å². The van der Waals surface area contributed by atoms with Crippen LogP contribution in [0.4, 0.5) is 5.69 Å². The second-order valence-electron chi connectivity index (χ2n) is 8.52. The molecular weight excluding hydrogens is 486 g/mol. The van der Waals surface area contributed by atoms with Gasteiger partial charge < -0.3 is 5.32 Å².